The topological polar surface area (TPSA) is 61.5 Å². The SMILES string of the molecule is COc1cc(/C=N\n2cnnc2SCc2ccc(C)cc2)cc(Br)c1OC. The van der Waals surface area contributed by atoms with Gasteiger partial charge in [-0.05, 0) is 46.1 Å². The van der Waals surface area contributed by atoms with E-state index in [1.54, 1.807) is 43.2 Å². The molecular formula is C19H19BrN4O2S. The molecule has 3 rings (SSSR count). The Morgan fingerprint density at radius 2 is 1.96 bits per heavy atom. The van der Waals surface area contributed by atoms with Crippen LogP contribution in [0.15, 0.2) is 57.5 Å². The van der Waals surface area contributed by atoms with Crippen LogP contribution < -0.4 is 9.47 Å². The van der Waals surface area contributed by atoms with E-state index in [1.165, 1.54) is 11.1 Å². The maximum Gasteiger partial charge on any atom is 0.212 e. The van der Waals surface area contributed by atoms with Crippen LogP contribution in [0.5, 0.6) is 11.5 Å². The molecule has 0 radical (unpaired) electrons. The number of methoxy groups -OCH3 is 2. The maximum atomic E-state index is 5.36. The molecule has 0 spiro atoms. The molecule has 0 saturated heterocycles. The minimum atomic E-state index is 0.631. The summed E-state index contributed by atoms with van der Waals surface area (Å²) in [5.74, 6) is 2.08. The summed E-state index contributed by atoms with van der Waals surface area (Å²) in [4.78, 5) is 0. The lowest BCUT2D eigenvalue weighted by atomic mass is 10.2. The van der Waals surface area contributed by atoms with Crippen molar-refractivity contribution in [3.63, 3.8) is 0 Å². The van der Waals surface area contributed by atoms with E-state index in [0.29, 0.717) is 11.5 Å². The van der Waals surface area contributed by atoms with Gasteiger partial charge in [0.1, 0.15) is 6.33 Å². The summed E-state index contributed by atoms with van der Waals surface area (Å²) in [5, 5.41) is 13.3. The van der Waals surface area contributed by atoms with E-state index in [4.69, 9.17) is 9.47 Å². The first-order valence-corrected chi connectivity index (χ1v) is 9.93. The molecule has 6 nitrogen and oxygen atoms in total. The summed E-state index contributed by atoms with van der Waals surface area (Å²) >= 11 is 5.07. The third-order valence-electron chi connectivity index (χ3n) is 3.78. The van der Waals surface area contributed by atoms with E-state index in [2.05, 4.69) is 62.4 Å². The Labute approximate surface area is 170 Å². The molecule has 0 N–H and O–H groups in total. The van der Waals surface area contributed by atoms with Gasteiger partial charge in [0.05, 0.1) is 24.9 Å². The molecule has 0 aliphatic carbocycles. The second-order valence-electron chi connectivity index (χ2n) is 5.72. The third-order valence-corrected chi connectivity index (χ3v) is 5.37. The molecule has 140 valence electrons. The van der Waals surface area contributed by atoms with Crippen LogP contribution in [0.2, 0.25) is 0 Å². The number of hydrogen-bond donors (Lipinski definition) is 0. The van der Waals surface area contributed by atoms with Crippen molar-refractivity contribution in [2.75, 3.05) is 14.2 Å². The first kappa shape index (κ1) is 19.4. The summed E-state index contributed by atoms with van der Waals surface area (Å²) in [5.41, 5.74) is 3.34. The molecule has 0 aliphatic heterocycles. The van der Waals surface area contributed by atoms with Gasteiger partial charge in [-0.2, -0.15) is 9.78 Å². The normalized spacial score (nSPS) is 11.1. The summed E-state index contributed by atoms with van der Waals surface area (Å²) in [6.07, 6.45) is 3.32. The van der Waals surface area contributed by atoms with Crippen LogP contribution in [-0.2, 0) is 5.75 Å². The van der Waals surface area contributed by atoms with Gasteiger partial charge in [-0.15, -0.1) is 10.2 Å². The summed E-state index contributed by atoms with van der Waals surface area (Å²) in [7, 11) is 3.20. The Balaban J connectivity index is 1.74. The van der Waals surface area contributed by atoms with Crippen molar-refractivity contribution < 1.29 is 9.47 Å². The molecule has 0 saturated carbocycles. The van der Waals surface area contributed by atoms with Crippen molar-refractivity contribution in [3.8, 4) is 11.5 Å². The smallest absolute Gasteiger partial charge is 0.212 e. The standard InChI is InChI=1S/C19H19BrN4O2S/c1-13-4-6-14(7-5-13)11-27-19-23-21-12-24(19)22-10-15-8-16(20)18(26-3)17(9-15)25-2/h4-10,12H,11H2,1-3H3/b22-10-. The van der Waals surface area contributed by atoms with Gasteiger partial charge in [0.15, 0.2) is 11.5 Å². The van der Waals surface area contributed by atoms with Gasteiger partial charge in [0.2, 0.25) is 5.16 Å². The number of hydrogen-bond acceptors (Lipinski definition) is 6. The highest BCUT2D eigenvalue weighted by molar-refractivity contribution is 9.10. The van der Waals surface area contributed by atoms with E-state index >= 15 is 0 Å². The monoisotopic (exact) mass is 446 g/mol. The Hall–Kier alpha value is -2.32. The van der Waals surface area contributed by atoms with E-state index in [9.17, 15) is 0 Å². The lowest BCUT2D eigenvalue weighted by Crippen LogP contribution is -1.96. The van der Waals surface area contributed by atoms with Crippen LogP contribution in [0.1, 0.15) is 16.7 Å². The van der Waals surface area contributed by atoms with Crippen molar-refractivity contribution in [1.82, 2.24) is 14.9 Å². The second-order valence-corrected chi connectivity index (χ2v) is 7.51. The first-order chi connectivity index (χ1) is 13.1. The van der Waals surface area contributed by atoms with E-state index in [-0.39, 0.29) is 0 Å². The average Bonchev–Trinajstić information content (AvgIpc) is 3.12. The number of nitrogens with zero attached hydrogens (tertiary/aromatic N) is 4. The van der Waals surface area contributed by atoms with Gasteiger partial charge in [-0.3, -0.25) is 0 Å². The molecule has 0 bridgehead atoms. The molecule has 0 amide bonds. The lowest BCUT2D eigenvalue weighted by molar-refractivity contribution is 0.353. The minimum Gasteiger partial charge on any atom is -0.493 e. The van der Waals surface area contributed by atoms with Crippen molar-refractivity contribution in [3.05, 3.63) is 63.9 Å². The number of aryl methyl sites for hydroxylation is 1. The van der Waals surface area contributed by atoms with E-state index < -0.39 is 0 Å². The molecule has 1 aromatic heterocycles. The highest BCUT2D eigenvalue weighted by atomic mass is 79.9. The minimum absolute atomic E-state index is 0.631. The molecule has 2 aromatic carbocycles. The Morgan fingerprint density at radius 3 is 2.67 bits per heavy atom. The van der Waals surface area contributed by atoms with Crippen molar-refractivity contribution >= 4 is 33.9 Å². The van der Waals surface area contributed by atoms with E-state index in [0.717, 1.165) is 20.9 Å². The van der Waals surface area contributed by atoms with E-state index in [1.807, 2.05) is 12.1 Å². The second kappa shape index (κ2) is 9.05. The fourth-order valence-corrected chi connectivity index (χ4v) is 3.81. The molecule has 8 heteroatoms. The van der Waals surface area contributed by atoms with Crippen LogP contribution in [0.3, 0.4) is 0 Å². The molecule has 27 heavy (non-hydrogen) atoms. The molecule has 0 aliphatic rings. The molecule has 0 fully saturated rings. The Kier molecular flexibility index (Phi) is 6.52. The Bertz CT molecular complexity index is 941. The number of rotatable bonds is 7. The molecular weight excluding hydrogens is 428 g/mol. The molecule has 0 atom stereocenters. The third kappa shape index (κ3) is 4.90. The van der Waals surface area contributed by atoms with Crippen molar-refractivity contribution in [2.45, 2.75) is 17.8 Å². The maximum absolute atomic E-state index is 5.36. The Morgan fingerprint density at radius 1 is 1.19 bits per heavy atom. The largest absolute Gasteiger partial charge is 0.493 e. The van der Waals surface area contributed by atoms with Gasteiger partial charge in [-0.25, -0.2) is 0 Å². The van der Waals surface area contributed by atoms with Crippen LogP contribution >= 0.6 is 27.7 Å². The summed E-state index contributed by atoms with van der Waals surface area (Å²) in [6, 6.07) is 12.2. The van der Waals surface area contributed by atoms with Crippen LogP contribution in [0.4, 0.5) is 0 Å². The predicted octanol–water partition coefficient (Wildman–Crippen LogP) is 4.54. The number of thioether (sulfide) groups is 1. The quantitative estimate of drug-likeness (QED) is 0.393. The summed E-state index contributed by atoms with van der Waals surface area (Å²) in [6.45, 7) is 2.08. The molecule has 1 heterocycles. The van der Waals surface area contributed by atoms with Crippen LogP contribution in [-0.4, -0.2) is 35.3 Å². The number of halogens is 1. The average molecular weight is 447 g/mol. The van der Waals surface area contributed by atoms with Gasteiger partial charge < -0.3 is 9.47 Å². The van der Waals surface area contributed by atoms with Crippen LogP contribution in [0, 0.1) is 6.92 Å². The number of ether oxygens (including phenoxy) is 2. The zero-order chi connectivity index (χ0) is 19.2. The fraction of sp³-hybridized carbons (Fsp3) is 0.211. The van der Waals surface area contributed by atoms with Gasteiger partial charge in [-0.1, -0.05) is 41.6 Å². The summed E-state index contributed by atoms with van der Waals surface area (Å²) < 4.78 is 13.1. The highest BCUT2D eigenvalue weighted by Gasteiger charge is 2.10. The molecule has 3 aromatic rings. The molecule has 0 unspecified atom stereocenters. The van der Waals surface area contributed by atoms with Crippen molar-refractivity contribution in [1.29, 1.82) is 0 Å². The van der Waals surface area contributed by atoms with Crippen molar-refractivity contribution in [2.24, 2.45) is 5.10 Å². The highest BCUT2D eigenvalue weighted by Crippen LogP contribution is 2.35. The van der Waals surface area contributed by atoms with Crippen LogP contribution in [0.25, 0.3) is 0 Å². The van der Waals surface area contributed by atoms with Gasteiger partial charge in [0.25, 0.3) is 0 Å². The fourth-order valence-electron chi connectivity index (χ4n) is 2.37. The van der Waals surface area contributed by atoms with Gasteiger partial charge >= 0.3 is 0 Å². The van der Waals surface area contributed by atoms with Gasteiger partial charge in [0, 0.05) is 5.75 Å². The lowest BCUT2D eigenvalue weighted by Gasteiger charge is -2.10. The number of aromatic nitrogens is 3. The number of benzene rings is 2. The predicted molar refractivity (Wildman–Crippen MR) is 111 cm³/mol. The first-order valence-electron chi connectivity index (χ1n) is 8.15. The zero-order valence-corrected chi connectivity index (χ0v) is 17.6. The zero-order valence-electron chi connectivity index (χ0n) is 15.2.